The molecule has 1 aliphatic rings. The number of halogens is 1. The Hall–Kier alpha value is -3.08. The van der Waals surface area contributed by atoms with Crippen LogP contribution in [0.4, 0.5) is 11.4 Å². The van der Waals surface area contributed by atoms with Crippen LogP contribution in [0.5, 0.6) is 5.75 Å². The number of likely N-dealkylation sites (N-methyl/N-ethyl adjacent to an activating group) is 1. The van der Waals surface area contributed by atoms with Crippen LogP contribution in [-0.2, 0) is 17.1 Å². The van der Waals surface area contributed by atoms with E-state index in [0.29, 0.717) is 22.7 Å². The van der Waals surface area contributed by atoms with Gasteiger partial charge in [-0.3, -0.25) is 19.4 Å². The lowest BCUT2D eigenvalue weighted by molar-refractivity contribution is 0.0386. The molecule has 1 fully saturated rings. The number of benzene rings is 1. The Bertz CT molecular complexity index is 1280. The van der Waals surface area contributed by atoms with Crippen LogP contribution in [0.2, 0.25) is 5.02 Å². The van der Waals surface area contributed by atoms with Crippen molar-refractivity contribution < 1.29 is 17.9 Å². The molecule has 1 amide bonds. The number of hydrogen-bond donors (Lipinski definition) is 2. The molecular weight excluding hydrogens is 466 g/mol. The highest BCUT2D eigenvalue weighted by Crippen LogP contribution is 2.26. The number of anilines is 2. The molecule has 0 atom stereocenters. The van der Waals surface area contributed by atoms with Gasteiger partial charge in [-0.1, -0.05) is 11.6 Å². The van der Waals surface area contributed by atoms with Gasteiger partial charge in [0.05, 0.1) is 35.1 Å². The first-order chi connectivity index (χ1) is 15.6. The fourth-order valence-corrected chi connectivity index (χ4v) is 4.37. The third kappa shape index (κ3) is 5.84. The van der Waals surface area contributed by atoms with Crippen LogP contribution < -0.4 is 14.8 Å². The molecule has 0 spiro atoms. The summed E-state index contributed by atoms with van der Waals surface area (Å²) in [6, 6.07) is 9.96. The van der Waals surface area contributed by atoms with Gasteiger partial charge in [-0.05, 0) is 43.4 Å². The minimum Gasteiger partial charge on any atom is -0.486 e. The van der Waals surface area contributed by atoms with E-state index in [4.69, 9.17) is 16.3 Å². The predicted octanol–water partition coefficient (Wildman–Crippen LogP) is 3.06. The molecule has 0 bridgehead atoms. The number of ether oxygens (including phenoxy) is 1. The van der Waals surface area contributed by atoms with Gasteiger partial charge in [0.15, 0.2) is 0 Å². The summed E-state index contributed by atoms with van der Waals surface area (Å²) >= 11 is 6.07. The van der Waals surface area contributed by atoms with Crippen LogP contribution in [0, 0.1) is 0 Å². The van der Waals surface area contributed by atoms with Crippen molar-refractivity contribution in [1.82, 2.24) is 14.5 Å². The lowest BCUT2D eigenvalue weighted by Crippen LogP contribution is -2.51. The summed E-state index contributed by atoms with van der Waals surface area (Å²) in [4.78, 5) is 19.5. The number of pyridine rings is 1. The first-order valence-electron chi connectivity index (χ1n) is 10.1. The first kappa shape index (κ1) is 23.1. The van der Waals surface area contributed by atoms with Gasteiger partial charge in [0, 0.05) is 37.0 Å². The van der Waals surface area contributed by atoms with E-state index in [1.54, 1.807) is 18.5 Å². The third-order valence-electron chi connectivity index (χ3n) is 5.06. The molecule has 2 N–H and O–H groups in total. The van der Waals surface area contributed by atoms with E-state index < -0.39 is 10.0 Å². The smallest absolute Gasteiger partial charge is 0.257 e. The van der Waals surface area contributed by atoms with Crippen LogP contribution in [-0.4, -0.2) is 61.3 Å². The lowest BCUT2D eigenvalue weighted by atomic mass is 10.2. The quantitative estimate of drug-likeness (QED) is 0.528. The van der Waals surface area contributed by atoms with E-state index in [1.807, 2.05) is 30.8 Å². The Kier molecular flexibility index (Phi) is 6.33. The number of hydrogen-bond acceptors (Lipinski definition) is 6. The van der Waals surface area contributed by atoms with Crippen LogP contribution in [0.25, 0.3) is 11.4 Å². The van der Waals surface area contributed by atoms with E-state index in [1.165, 1.54) is 18.2 Å². The first-order valence-corrected chi connectivity index (χ1v) is 12.4. The number of likely N-dealkylation sites (tertiary alicyclic amines) is 1. The number of amides is 1. The Labute approximate surface area is 197 Å². The van der Waals surface area contributed by atoms with Crippen LogP contribution >= 0.6 is 11.6 Å². The topological polar surface area (TPSA) is 106 Å². The molecule has 3 aromatic rings. The molecule has 1 aliphatic heterocycles. The predicted molar refractivity (Wildman–Crippen MR) is 128 cm³/mol. The number of carbonyl (C=O) groups excluding carboxylic acids is 1. The largest absolute Gasteiger partial charge is 0.486 e. The molecule has 0 saturated carbocycles. The minimum atomic E-state index is -3.48. The molecule has 1 saturated heterocycles. The van der Waals surface area contributed by atoms with Gasteiger partial charge in [-0.15, -0.1) is 0 Å². The van der Waals surface area contributed by atoms with Crippen LogP contribution in [0.15, 0.2) is 48.8 Å². The molecule has 33 heavy (non-hydrogen) atoms. The zero-order valence-corrected chi connectivity index (χ0v) is 19.9. The molecule has 2 aromatic heterocycles. The lowest BCUT2D eigenvalue weighted by Gasteiger charge is -2.35. The maximum atomic E-state index is 12.8. The number of aromatic nitrogens is 2. The molecule has 0 aliphatic carbocycles. The monoisotopic (exact) mass is 489 g/mol. The summed E-state index contributed by atoms with van der Waals surface area (Å²) in [7, 11) is 0.395. The fraction of sp³-hybridized carbons (Fsp3) is 0.273. The standard InChI is InChI=1S/C22H24ClN5O4S/c1-27-12-19(13-27)32-18-4-5-20(24-10-18)21-6-14(11-28(21)2)22(29)25-16-7-15(23)8-17(9-16)26-33(3,30)31/h4-11,19,26H,12-13H2,1-3H3,(H,25,29). The van der Waals surface area contributed by atoms with Gasteiger partial charge in [0.2, 0.25) is 10.0 Å². The van der Waals surface area contributed by atoms with E-state index in [9.17, 15) is 13.2 Å². The number of nitrogens with zero attached hydrogens (tertiary/aromatic N) is 3. The molecule has 9 nitrogen and oxygen atoms in total. The second-order valence-corrected chi connectivity index (χ2v) is 10.3. The van der Waals surface area contributed by atoms with Gasteiger partial charge in [0.25, 0.3) is 5.91 Å². The van der Waals surface area contributed by atoms with Crippen molar-refractivity contribution in [2.75, 3.05) is 36.4 Å². The second kappa shape index (κ2) is 9.05. The minimum absolute atomic E-state index is 0.188. The Morgan fingerprint density at radius 2 is 1.88 bits per heavy atom. The maximum Gasteiger partial charge on any atom is 0.257 e. The highest BCUT2D eigenvalue weighted by Gasteiger charge is 2.25. The third-order valence-corrected chi connectivity index (χ3v) is 5.88. The van der Waals surface area contributed by atoms with Crippen LogP contribution in [0.1, 0.15) is 10.4 Å². The summed E-state index contributed by atoms with van der Waals surface area (Å²) in [6.45, 7) is 1.80. The zero-order valence-electron chi connectivity index (χ0n) is 18.4. The Balaban J connectivity index is 1.47. The van der Waals surface area contributed by atoms with Gasteiger partial charge < -0.3 is 14.6 Å². The molecule has 1 aromatic carbocycles. The second-order valence-electron chi connectivity index (χ2n) is 8.12. The van der Waals surface area contributed by atoms with Crippen molar-refractivity contribution in [3.8, 4) is 17.1 Å². The number of sulfonamides is 1. The normalized spacial score (nSPS) is 14.5. The Morgan fingerprint density at radius 3 is 2.52 bits per heavy atom. The number of carbonyl (C=O) groups is 1. The summed E-state index contributed by atoms with van der Waals surface area (Å²) in [6.07, 6.45) is 4.60. The maximum absolute atomic E-state index is 12.8. The van der Waals surface area contributed by atoms with E-state index >= 15 is 0 Å². The van der Waals surface area contributed by atoms with E-state index in [-0.39, 0.29) is 22.7 Å². The molecule has 0 unspecified atom stereocenters. The van der Waals surface area contributed by atoms with Gasteiger partial charge in [-0.25, -0.2) is 8.42 Å². The van der Waals surface area contributed by atoms with Gasteiger partial charge in [0.1, 0.15) is 11.9 Å². The summed E-state index contributed by atoms with van der Waals surface area (Å²) in [5.74, 6) is 0.349. The van der Waals surface area contributed by atoms with Crippen molar-refractivity contribution in [3.63, 3.8) is 0 Å². The molecule has 0 radical (unpaired) electrons. The molecule has 11 heteroatoms. The van der Waals surface area contributed by atoms with Gasteiger partial charge >= 0.3 is 0 Å². The highest BCUT2D eigenvalue weighted by atomic mass is 35.5. The zero-order chi connectivity index (χ0) is 23.8. The average molecular weight is 490 g/mol. The summed E-state index contributed by atoms with van der Waals surface area (Å²) < 4.78 is 33.0. The highest BCUT2D eigenvalue weighted by molar-refractivity contribution is 7.92. The molecular formula is C22H24ClN5O4S. The summed E-state index contributed by atoms with van der Waals surface area (Å²) in [5, 5.41) is 3.03. The van der Waals surface area contributed by atoms with Crippen LogP contribution in [0.3, 0.4) is 0 Å². The van der Waals surface area contributed by atoms with Crippen molar-refractivity contribution in [1.29, 1.82) is 0 Å². The average Bonchev–Trinajstić information content (AvgIpc) is 3.07. The van der Waals surface area contributed by atoms with Crippen molar-refractivity contribution in [2.45, 2.75) is 6.10 Å². The molecule has 174 valence electrons. The molecule has 4 rings (SSSR count). The molecule has 3 heterocycles. The van der Waals surface area contributed by atoms with Crippen molar-refractivity contribution >= 4 is 38.9 Å². The fourth-order valence-electron chi connectivity index (χ4n) is 3.59. The van der Waals surface area contributed by atoms with Crippen molar-refractivity contribution in [2.24, 2.45) is 7.05 Å². The summed E-state index contributed by atoms with van der Waals surface area (Å²) in [5.41, 5.74) is 2.52. The number of nitrogens with one attached hydrogen (secondary N) is 2. The number of rotatable bonds is 7. The SMILES string of the molecule is CN1CC(Oc2ccc(-c3cc(C(=O)Nc4cc(Cl)cc(NS(C)(=O)=O)c4)cn3C)nc2)C1. The van der Waals surface area contributed by atoms with Crippen molar-refractivity contribution in [3.05, 3.63) is 59.4 Å². The number of aryl methyl sites for hydroxylation is 1. The van der Waals surface area contributed by atoms with E-state index in [2.05, 4.69) is 19.9 Å². The Morgan fingerprint density at radius 1 is 1.15 bits per heavy atom. The van der Waals surface area contributed by atoms with E-state index in [0.717, 1.165) is 25.0 Å². The van der Waals surface area contributed by atoms with Gasteiger partial charge in [-0.2, -0.15) is 0 Å².